The van der Waals surface area contributed by atoms with Gasteiger partial charge >= 0.3 is 0 Å². The van der Waals surface area contributed by atoms with Crippen LogP contribution in [0.25, 0.3) is 0 Å². The molecule has 132 valence electrons. The van der Waals surface area contributed by atoms with E-state index in [9.17, 15) is 13.2 Å². The summed E-state index contributed by atoms with van der Waals surface area (Å²) in [5, 5.41) is 2.85. The zero-order valence-electron chi connectivity index (χ0n) is 14.5. The van der Waals surface area contributed by atoms with E-state index >= 15 is 0 Å². The van der Waals surface area contributed by atoms with Crippen LogP contribution in [0.1, 0.15) is 36.5 Å². The summed E-state index contributed by atoms with van der Waals surface area (Å²) in [5.41, 5.74) is 3.90. The van der Waals surface area contributed by atoms with Crippen molar-refractivity contribution >= 4 is 27.3 Å². The molecule has 2 N–H and O–H groups in total. The number of nitrogens with one attached hydrogen (secondary N) is 2. The first-order chi connectivity index (χ1) is 11.7. The monoisotopic (exact) mass is 358 g/mol. The van der Waals surface area contributed by atoms with Crippen LogP contribution < -0.4 is 10.0 Å². The minimum atomic E-state index is -3.52. The van der Waals surface area contributed by atoms with Gasteiger partial charge in [0, 0.05) is 11.4 Å². The van der Waals surface area contributed by atoms with Crippen LogP contribution in [0.4, 0.5) is 11.4 Å². The molecule has 5 nitrogen and oxygen atoms in total. The smallest absolute Gasteiger partial charge is 0.236 e. The molecule has 0 spiro atoms. The molecule has 0 aliphatic carbocycles. The Morgan fingerprint density at radius 3 is 2.44 bits per heavy atom. The van der Waals surface area contributed by atoms with E-state index in [1.54, 1.807) is 18.2 Å². The number of hydrogen-bond donors (Lipinski definition) is 2. The fourth-order valence-electron chi connectivity index (χ4n) is 3.13. The Hall–Kier alpha value is -2.34. The molecule has 0 saturated heterocycles. The number of rotatable bonds is 5. The molecule has 2 aromatic rings. The van der Waals surface area contributed by atoms with Gasteiger partial charge in [0.15, 0.2) is 0 Å². The molecule has 1 heterocycles. The first-order valence-electron chi connectivity index (χ1n) is 8.26. The number of anilines is 2. The Balaban J connectivity index is 1.81. The van der Waals surface area contributed by atoms with E-state index in [0.717, 1.165) is 22.4 Å². The molecule has 0 aromatic heterocycles. The Morgan fingerprint density at radius 1 is 1.12 bits per heavy atom. The van der Waals surface area contributed by atoms with Gasteiger partial charge in [0.25, 0.3) is 0 Å². The van der Waals surface area contributed by atoms with E-state index in [4.69, 9.17) is 0 Å². The van der Waals surface area contributed by atoms with Crippen LogP contribution in [0.5, 0.6) is 0 Å². The van der Waals surface area contributed by atoms with Gasteiger partial charge in [-0.25, -0.2) is 8.42 Å². The number of carbonyl (C=O) groups excluding carboxylic acids is 1. The van der Waals surface area contributed by atoms with E-state index in [1.165, 1.54) is 0 Å². The SMILES string of the molecule is Cc1ccc(CS(=O)(=O)Nc2ccc3c(c2)C(C(C)C)C(=O)N3)cc1. The summed E-state index contributed by atoms with van der Waals surface area (Å²) in [6, 6.07) is 12.6. The summed E-state index contributed by atoms with van der Waals surface area (Å²) >= 11 is 0. The molecule has 1 aliphatic rings. The van der Waals surface area contributed by atoms with Crippen LogP contribution in [0.15, 0.2) is 42.5 Å². The summed E-state index contributed by atoms with van der Waals surface area (Å²) in [5.74, 6) is -0.239. The van der Waals surface area contributed by atoms with Gasteiger partial charge in [-0.1, -0.05) is 43.7 Å². The lowest BCUT2D eigenvalue weighted by atomic mass is 9.89. The summed E-state index contributed by atoms with van der Waals surface area (Å²) < 4.78 is 27.5. The van der Waals surface area contributed by atoms with Crippen molar-refractivity contribution in [3.8, 4) is 0 Å². The van der Waals surface area contributed by atoms with Crippen molar-refractivity contribution in [3.63, 3.8) is 0 Å². The third kappa shape index (κ3) is 3.85. The number of fused-ring (bicyclic) bond motifs is 1. The van der Waals surface area contributed by atoms with Gasteiger partial charge in [0.1, 0.15) is 0 Å². The fourth-order valence-corrected chi connectivity index (χ4v) is 4.32. The molecular formula is C19H22N2O3S. The van der Waals surface area contributed by atoms with Crippen LogP contribution in [0.2, 0.25) is 0 Å². The second-order valence-electron chi connectivity index (χ2n) is 6.86. The van der Waals surface area contributed by atoms with Crippen molar-refractivity contribution < 1.29 is 13.2 Å². The van der Waals surface area contributed by atoms with E-state index in [-0.39, 0.29) is 23.5 Å². The molecule has 0 fully saturated rings. The Labute approximate surface area is 148 Å². The third-order valence-corrected chi connectivity index (χ3v) is 5.60. The van der Waals surface area contributed by atoms with Crippen LogP contribution >= 0.6 is 0 Å². The molecule has 0 bridgehead atoms. The molecule has 1 amide bonds. The molecule has 1 unspecified atom stereocenters. The fraction of sp³-hybridized carbons (Fsp3) is 0.316. The van der Waals surface area contributed by atoms with E-state index in [2.05, 4.69) is 10.0 Å². The Bertz CT molecular complexity index is 903. The predicted molar refractivity (Wildman–Crippen MR) is 100 cm³/mol. The highest BCUT2D eigenvalue weighted by molar-refractivity contribution is 7.91. The second kappa shape index (κ2) is 6.52. The maximum Gasteiger partial charge on any atom is 0.236 e. The van der Waals surface area contributed by atoms with Crippen molar-refractivity contribution in [1.82, 2.24) is 0 Å². The van der Waals surface area contributed by atoms with Crippen molar-refractivity contribution in [2.24, 2.45) is 5.92 Å². The van der Waals surface area contributed by atoms with Gasteiger partial charge < -0.3 is 5.32 Å². The lowest BCUT2D eigenvalue weighted by Gasteiger charge is -2.14. The molecule has 25 heavy (non-hydrogen) atoms. The largest absolute Gasteiger partial charge is 0.325 e. The maximum absolute atomic E-state index is 12.4. The molecule has 0 saturated carbocycles. The van der Waals surface area contributed by atoms with E-state index in [1.807, 2.05) is 45.0 Å². The van der Waals surface area contributed by atoms with Crippen LogP contribution in [-0.4, -0.2) is 14.3 Å². The first kappa shape index (κ1) is 17.5. The minimum Gasteiger partial charge on any atom is -0.325 e. The highest BCUT2D eigenvalue weighted by Crippen LogP contribution is 2.38. The second-order valence-corrected chi connectivity index (χ2v) is 8.58. The minimum absolute atomic E-state index is 0.0373. The van der Waals surface area contributed by atoms with Gasteiger partial charge in [-0.3, -0.25) is 9.52 Å². The lowest BCUT2D eigenvalue weighted by molar-refractivity contribution is -0.117. The standard InChI is InChI=1S/C19H22N2O3S/c1-12(2)18-16-10-15(8-9-17(16)20-19(18)22)21-25(23,24)11-14-6-4-13(3)5-7-14/h4-10,12,18,21H,11H2,1-3H3,(H,20,22). The van der Waals surface area contributed by atoms with E-state index < -0.39 is 10.0 Å². The van der Waals surface area contributed by atoms with Gasteiger partial charge in [-0.05, 0) is 42.2 Å². The van der Waals surface area contributed by atoms with Gasteiger partial charge in [0.2, 0.25) is 15.9 Å². The van der Waals surface area contributed by atoms with Crippen LogP contribution in [0, 0.1) is 12.8 Å². The number of sulfonamides is 1. The zero-order chi connectivity index (χ0) is 18.2. The molecule has 0 radical (unpaired) electrons. The normalized spacial score (nSPS) is 16.6. The molecule has 6 heteroatoms. The van der Waals surface area contributed by atoms with Crippen molar-refractivity contribution in [2.45, 2.75) is 32.4 Å². The van der Waals surface area contributed by atoms with Crippen LogP contribution in [-0.2, 0) is 20.6 Å². The van der Waals surface area contributed by atoms with Crippen molar-refractivity contribution in [1.29, 1.82) is 0 Å². The highest BCUT2D eigenvalue weighted by Gasteiger charge is 2.33. The molecule has 1 aliphatic heterocycles. The van der Waals surface area contributed by atoms with Crippen molar-refractivity contribution in [2.75, 3.05) is 10.0 Å². The molecule has 3 rings (SSSR count). The molecule has 2 aromatic carbocycles. The van der Waals surface area contributed by atoms with Gasteiger partial charge in [0.05, 0.1) is 11.7 Å². The third-order valence-electron chi connectivity index (χ3n) is 4.34. The number of benzene rings is 2. The average Bonchev–Trinajstić information content (AvgIpc) is 2.84. The first-order valence-corrected chi connectivity index (χ1v) is 9.91. The van der Waals surface area contributed by atoms with Gasteiger partial charge in [-0.15, -0.1) is 0 Å². The van der Waals surface area contributed by atoms with E-state index in [0.29, 0.717) is 5.69 Å². The lowest BCUT2D eigenvalue weighted by Crippen LogP contribution is -2.17. The predicted octanol–water partition coefficient (Wildman–Crippen LogP) is 3.63. The number of hydrogen-bond acceptors (Lipinski definition) is 3. The summed E-state index contributed by atoms with van der Waals surface area (Å²) in [6.07, 6.45) is 0. The zero-order valence-corrected chi connectivity index (χ0v) is 15.4. The maximum atomic E-state index is 12.4. The summed E-state index contributed by atoms with van der Waals surface area (Å²) in [4.78, 5) is 12.1. The van der Waals surface area contributed by atoms with Gasteiger partial charge in [-0.2, -0.15) is 0 Å². The van der Waals surface area contributed by atoms with Crippen molar-refractivity contribution in [3.05, 3.63) is 59.2 Å². The highest BCUT2D eigenvalue weighted by atomic mass is 32.2. The molecule has 1 atom stereocenters. The van der Waals surface area contributed by atoms with Crippen LogP contribution in [0.3, 0.4) is 0 Å². The topological polar surface area (TPSA) is 75.3 Å². The average molecular weight is 358 g/mol. The molecular weight excluding hydrogens is 336 g/mol. The quantitative estimate of drug-likeness (QED) is 0.857. The Kier molecular flexibility index (Phi) is 4.56. The summed E-state index contributed by atoms with van der Waals surface area (Å²) in [6.45, 7) is 5.92. The number of aryl methyl sites for hydroxylation is 1. The summed E-state index contributed by atoms with van der Waals surface area (Å²) in [7, 11) is -3.52. The number of carbonyl (C=O) groups is 1. The number of amides is 1. The Morgan fingerprint density at radius 2 is 1.80 bits per heavy atom.